The molecule has 5 nitrogen and oxygen atoms in total. The minimum absolute atomic E-state index is 0.327. The number of fused-ring (bicyclic) bond motifs is 3. The topological polar surface area (TPSA) is 53.8 Å². The summed E-state index contributed by atoms with van der Waals surface area (Å²) in [7, 11) is 0.514. The third-order valence-electron chi connectivity index (χ3n) is 7.49. The number of hydrogen-bond acceptors (Lipinski definition) is 4. The number of sulfonamides is 1. The molecule has 1 aliphatic rings. The van der Waals surface area contributed by atoms with E-state index in [-0.39, 0.29) is 0 Å². The summed E-state index contributed by atoms with van der Waals surface area (Å²) < 4.78 is 34.6. The molecule has 0 radical (unpaired) electrons. The first-order chi connectivity index (χ1) is 17.9. The van der Waals surface area contributed by atoms with Gasteiger partial charge in [0, 0.05) is 43.6 Å². The SMILES string of the molecule is CN(C)c1cccc(-c2cccc(C3CCN(S(=O)(=O)c4ccc5oc6ccccc6c5c4)CC3)c2)c1. The molecule has 0 spiro atoms. The van der Waals surface area contributed by atoms with E-state index in [2.05, 4.69) is 53.4 Å². The van der Waals surface area contributed by atoms with E-state index in [1.165, 1.54) is 22.4 Å². The van der Waals surface area contributed by atoms with Gasteiger partial charge < -0.3 is 9.32 Å². The largest absolute Gasteiger partial charge is 0.456 e. The monoisotopic (exact) mass is 510 g/mol. The fraction of sp³-hybridized carbons (Fsp3) is 0.226. The van der Waals surface area contributed by atoms with Crippen LogP contribution in [-0.4, -0.2) is 39.9 Å². The Kier molecular flexibility index (Phi) is 6.01. The van der Waals surface area contributed by atoms with Crippen LogP contribution in [0.25, 0.3) is 33.1 Å². The van der Waals surface area contributed by atoms with Gasteiger partial charge in [-0.1, -0.05) is 54.6 Å². The molecule has 1 aliphatic heterocycles. The maximum atomic E-state index is 13.5. The van der Waals surface area contributed by atoms with E-state index in [0.29, 0.717) is 29.5 Å². The van der Waals surface area contributed by atoms with Crippen LogP contribution in [0.15, 0.2) is 100 Å². The molecule has 0 bridgehead atoms. The third-order valence-corrected chi connectivity index (χ3v) is 9.39. The van der Waals surface area contributed by atoms with Crippen molar-refractivity contribution in [3.05, 3.63) is 96.6 Å². The van der Waals surface area contributed by atoms with Crippen LogP contribution in [0.2, 0.25) is 0 Å². The van der Waals surface area contributed by atoms with Crippen LogP contribution >= 0.6 is 0 Å². The molecule has 0 unspecified atom stereocenters. The van der Waals surface area contributed by atoms with Gasteiger partial charge in [0.15, 0.2) is 0 Å². The van der Waals surface area contributed by atoms with Crippen molar-refractivity contribution in [1.82, 2.24) is 4.31 Å². The summed E-state index contributed by atoms with van der Waals surface area (Å²) in [5, 5.41) is 1.77. The van der Waals surface area contributed by atoms with Crippen LogP contribution in [0.5, 0.6) is 0 Å². The number of benzene rings is 4. The van der Waals surface area contributed by atoms with Crippen molar-refractivity contribution < 1.29 is 12.8 Å². The fourth-order valence-corrected chi connectivity index (χ4v) is 6.88. The van der Waals surface area contributed by atoms with E-state index in [1.807, 2.05) is 38.4 Å². The zero-order valence-corrected chi connectivity index (χ0v) is 21.9. The molecule has 4 aromatic carbocycles. The molecule has 6 heteroatoms. The Morgan fingerprint density at radius 3 is 2.24 bits per heavy atom. The normalized spacial score (nSPS) is 15.4. The minimum atomic E-state index is -3.58. The van der Waals surface area contributed by atoms with Crippen LogP contribution in [0.3, 0.4) is 0 Å². The molecule has 2 heterocycles. The average molecular weight is 511 g/mol. The van der Waals surface area contributed by atoms with Crippen LogP contribution in [0.1, 0.15) is 24.3 Å². The zero-order valence-electron chi connectivity index (χ0n) is 21.1. The lowest BCUT2D eigenvalue weighted by Crippen LogP contribution is -2.37. The summed E-state index contributed by atoms with van der Waals surface area (Å²) in [6, 6.07) is 30.2. The second-order valence-electron chi connectivity index (χ2n) is 10.0. The van der Waals surface area contributed by atoms with E-state index < -0.39 is 10.0 Å². The molecule has 37 heavy (non-hydrogen) atoms. The van der Waals surface area contributed by atoms with Crippen molar-refractivity contribution in [2.24, 2.45) is 0 Å². The van der Waals surface area contributed by atoms with Crippen molar-refractivity contribution in [1.29, 1.82) is 0 Å². The number of rotatable bonds is 5. The molecule has 188 valence electrons. The van der Waals surface area contributed by atoms with E-state index >= 15 is 0 Å². The summed E-state index contributed by atoms with van der Waals surface area (Å²) in [4.78, 5) is 2.43. The van der Waals surface area contributed by atoms with E-state index in [9.17, 15) is 8.42 Å². The van der Waals surface area contributed by atoms with Gasteiger partial charge in [-0.15, -0.1) is 0 Å². The second-order valence-corrected chi connectivity index (χ2v) is 11.9. The second kappa shape index (κ2) is 9.36. The lowest BCUT2D eigenvalue weighted by Gasteiger charge is -2.31. The van der Waals surface area contributed by atoms with Gasteiger partial charge >= 0.3 is 0 Å². The Labute approximate surface area is 218 Å². The number of hydrogen-bond donors (Lipinski definition) is 0. The van der Waals surface area contributed by atoms with Crippen LogP contribution in [0.4, 0.5) is 5.69 Å². The maximum Gasteiger partial charge on any atom is 0.243 e. The summed E-state index contributed by atoms with van der Waals surface area (Å²) in [6.07, 6.45) is 1.61. The molecule has 0 saturated carbocycles. The first kappa shape index (κ1) is 23.8. The number of piperidine rings is 1. The summed E-state index contributed by atoms with van der Waals surface area (Å²) in [5.41, 5.74) is 6.30. The molecule has 0 N–H and O–H groups in total. The summed E-state index contributed by atoms with van der Waals surface area (Å²) in [5.74, 6) is 0.337. The minimum Gasteiger partial charge on any atom is -0.456 e. The molecule has 0 atom stereocenters. The van der Waals surface area contributed by atoms with Gasteiger partial charge in [0.25, 0.3) is 0 Å². The van der Waals surface area contributed by atoms with Crippen LogP contribution in [-0.2, 0) is 10.0 Å². The smallest absolute Gasteiger partial charge is 0.243 e. The molecule has 0 aliphatic carbocycles. The number of furan rings is 1. The fourth-order valence-electron chi connectivity index (χ4n) is 5.38. The highest BCUT2D eigenvalue weighted by molar-refractivity contribution is 7.89. The lowest BCUT2D eigenvalue weighted by molar-refractivity contribution is 0.319. The van der Waals surface area contributed by atoms with Gasteiger partial charge in [-0.05, 0) is 71.8 Å². The number of anilines is 1. The maximum absolute atomic E-state index is 13.5. The molecule has 1 fully saturated rings. The Bertz CT molecular complexity index is 1700. The standard InChI is InChI=1S/C31H30N2O3S/c1-32(2)26-10-6-9-25(20-26)24-8-5-7-23(19-24)22-15-17-33(18-16-22)37(34,35)27-13-14-31-29(21-27)28-11-3-4-12-30(28)36-31/h3-14,19-22H,15-18H2,1-2H3. The summed E-state index contributed by atoms with van der Waals surface area (Å²) >= 11 is 0. The van der Waals surface area contributed by atoms with Crippen LogP contribution in [0, 0.1) is 0 Å². The van der Waals surface area contributed by atoms with Crippen molar-refractivity contribution >= 4 is 37.6 Å². The quantitative estimate of drug-likeness (QED) is 0.258. The lowest BCUT2D eigenvalue weighted by atomic mass is 9.88. The molecular weight excluding hydrogens is 480 g/mol. The van der Waals surface area contributed by atoms with Gasteiger partial charge in [0.05, 0.1) is 4.90 Å². The Hall–Kier alpha value is -3.61. The van der Waals surface area contributed by atoms with Crippen LogP contribution < -0.4 is 4.90 Å². The zero-order chi connectivity index (χ0) is 25.6. The Balaban J connectivity index is 1.21. The first-order valence-electron chi connectivity index (χ1n) is 12.7. The number of nitrogens with zero attached hydrogens (tertiary/aromatic N) is 2. The Morgan fingerprint density at radius 1 is 0.757 bits per heavy atom. The highest BCUT2D eigenvalue weighted by atomic mass is 32.2. The molecule has 6 rings (SSSR count). The third kappa shape index (κ3) is 4.41. The van der Waals surface area contributed by atoms with Gasteiger partial charge in [0.2, 0.25) is 10.0 Å². The highest BCUT2D eigenvalue weighted by Gasteiger charge is 2.30. The van der Waals surface area contributed by atoms with Gasteiger partial charge in [0.1, 0.15) is 11.2 Å². The van der Waals surface area contributed by atoms with Gasteiger partial charge in [-0.25, -0.2) is 8.42 Å². The van der Waals surface area contributed by atoms with Crippen molar-refractivity contribution in [2.75, 3.05) is 32.1 Å². The average Bonchev–Trinajstić information content (AvgIpc) is 3.31. The van der Waals surface area contributed by atoms with Gasteiger partial charge in [-0.2, -0.15) is 4.31 Å². The molecule has 0 amide bonds. The molecule has 1 aromatic heterocycles. The predicted molar refractivity (Wildman–Crippen MR) is 151 cm³/mol. The Morgan fingerprint density at radius 2 is 1.46 bits per heavy atom. The molecule has 5 aromatic rings. The van der Waals surface area contributed by atoms with E-state index in [4.69, 9.17) is 4.42 Å². The van der Waals surface area contributed by atoms with Crippen molar-refractivity contribution in [3.63, 3.8) is 0 Å². The first-order valence-corrected chi connectivity index (χ1v) is 14.1. The van der Waals surface area contributed by atoms with E-state index in [0.717, 1.165) is 29.2 Å². The van der Waals surface area contributed by atoms with Crippen molar-refractivity contribution in [2.45, 2.75) is 23.7 Å². The van der Waals surface area contributed by atoms with E-state index in [1.54, 1.807) is 22.5 Å². The van der Waals surface area contributed by atoms with Crippen molar-refractivity contribution in [3.8, 4) is 11.1 Å². The summed E-state index contributed by atoms with van der Waals surface area (Å²) in [6.45, 7) is 1.02. The van der Waals surface area contributed by atoms with Gasteiger partial charge in [-0.3, -0.25) is 0 Å². The molecule has 1 saturated heterocycles. The predicted octanol–water partition coefficient (Wildman–Crippen LogP) is 6.89. The molecular formula is C31H30N2O3S. The number of para-hydroxylation sites is 1. The highest BCUT2D eigenvalue weighted by Crippen LogP contribution is 2.35.